The molecule has 1 amide bonds. The Balaban J connectivity index is 1.89. The predicted molar refractivity (Wildman–Crippen MR) is 58.3 cm³/mol. The van der Waals surface area contributed by atoms with Crippen molar-refractivity contribution in [2.45, 2.75) is 25.0 Å². The number of H-pyrrole nitrogens is 1. The molecule has 1 aromatic rings. The summed E-state index contributed by atoms with van der Waals surface area (Å²) in [6.07, 6.45) is 3.39. The molecule has 0 unspecified atom stereocenters. The molecule has 1 fully saturated rings. The fourth-order valence-corrected chi connectivity index (χ4v) is 1.70. The van der Waals surface area contributed by atoms with Crippen LogP contribution in [0.3, 0.4) is 0 Å². The second kappa shape index (κ2) is 4.49. The third-order valence-corrected chi connectivity index (χ3v) is 2.81. The fourth-order valence-electron chi connectivity index (χ4n) is 1.70. The van der Waals surface area contributed by atoms with Crippen molar-refractivity contribution in [2.75, 3.05) is 7.11 Å². The fraction of sp³-hybridized carbons (Fsp3) is 0.455. The number of carbonyl (C=O) groups excluding carboxylic acids is 1. The smallest absolute Gasteiger partial charge is 0.252 e. The Morgan fingerprint density at radius 1 is 1.50 bits per heavy atom. The lowest BCUT2D eigenvalue weighted by Gasteiger charge is -2.34. The van der Waals surface area contributed by atoms with Gasteiger partial charge in [-0.3, -0.25) is 9.59 Å². The van der Waals surface area contributed by atoms with Gasteiger partial charge in [0.25, 0.3) is 5.91 Å². The SMILES string of the molecule is COC1CC(NC(=O)c2ccc(=O)[nH]c2)C1. The molecule has 86 valence electrons. The minimum atomic E-state index is -0.209. The van der Waals surface area contributed by atoms with Crippen LogP contribution >= 0.6 is 0 Å². The average molecular weight is 222 g/mol. The van der Waals surface area contributed by atoms with Crippen molar-refractivity contribution in [3.8, 4) is 0 Å². The highest BCUT2D eigenvalue weighted by molar-refractivity contribution is 5.94. The molecule has 0 aliphatic heterocycles. The number of carbonyl (C=O) groups is 1. The highest BCUT2D eigenvalue weighted by Gasteiger charge is 2.30. The second-order valence-corrected chi connectivity index (χ2v) is 3.94. The van der Waals surface area contributed by atoms with E-state index in [-0.39, 0.29) is 23.6 Å². The molecule has 0 atom stereocenters. The molecule has 1 heterocycles. The highest BCUT2D eigenvalue weighted by atomic mass is 16.5. The molecule has 0 radical (unpaired) electrons. The summed E-state index contributed by atoms with van der Waals surface area (Å²) >= 11 is 0. The van der Waals surface area contributed by atoms with Gasteiger partial charge in [-0.15, -0.1) is 0 Å². The van der Waals surface area contributed by atoms with Crippen LogP contribution in [0.25, 0.3) is 0 Å². The summed E-state index contributed by atoms with van der Waals surface area (Å²) in [4.78, 5) is 25.0. The van der Waals surface area contributed by atoms with E-state index in [9.17, 15) is 9.59 Å². The molecule has 1 aromatic heterocycles. The largest absolute Gasteiger partial charge is 0.381 e. The summed E-state index contributed by atoms with van der Waals surface area (Å²) in [6, 6.07) is 3.04. The average Bonchev–Trinajstić information content (AvgIpc) is 2.23. The van der Waals surface area contributed by atoms with E-state index in [1.54, 1.807) is 7.11 Å². The van der Waals surface area contributed by atoms with Gasteiger partial charge in [-0.2, -0.15) is 0 Å². The van der Waals surface area contributed by atoms with E-state index < -0.39 is 0 Å². The summed E-state index contributed by atoms with van der Waals surface area (Å²) in [5, 5.41) is 2.88. The van der Waals surface area contributed by atoms with Gasteiger partial charge in [0.1, 0.15) is 0 Å². The molecular weight excluding hydrogens is 208 g/mol. The van der Waals surface area contributed by atoms with E-state index >= 15 is 0 Å². The van der Waals surface area contributed by atoms with E-state index in [1.165, 1.54) is 18.3 Å². The van der Waals surface area contributed by atoms with Gasteiger partial charge in [-0.25, -0.2) is 0 Å². The van der Waals surface area contributed by atoms with E-state index in [1.807, 2.05) is 0 Å². The van der Waals surface area contributed by atoms with Crippen LogP contribution in [0.2, 0.25) is 0 Å². The number of hydrogen-bond donors (Lipinski definition) is 2. The molecule has 1 saturated carbocycles. The van der Waals surface area contributed by atoms with Gasteiger partial charge in [0.2, 0.25) is 5.56 Å². The van der Waals surface area contributed by atoms with Crippen LogP contribution in [0.1, 0.15) is 23.2 Å². The number of rotatable bonds is 3. The molecule has 5 heteroatoms. The molecule has 2 rings (SSSR count). The van der Waals surface area contributed by atoms with Gasteiger partial charge in [0.05, 0.1) is 11.7 Å². The van der Waals surface area contributed by atoms with Gasteiger partial charge in [0.15, 0.2) is 0 Å². The van der Waals surface area contributed by atoms with Crippen LogP contribution < -0.4 is 10.9 Å². The van der Waals surface area contributed by atoms with Crippen molar-refractivity contribution in [1.29, 1.82) is 0 Å². The normalized spacial score (nSPS) is 23.6. The van der Waals surface area contributed by atoms with Crippen LogP contribution in [0, 0.1) is 0 Å². The Kier molecular flexibility index (Phi) is 3.05. The molecule has 0 bridgehead atoms. The Morgan fingerprint density at radius 3 is 2.81 bits per heavy atom. The van der Waals surface area contributed by atoms with Crippen molar-refractivity contribution < 1.29 is 9.53 Å². The first-order valence-electron chi connectivity index (χ1n) is 5.21. The van der Waals surface area contributed by atoms with Gasteiger partial charge in [0, 0.05) is 25.4 Å². The van der Waals surface area contributed by atoms with Gasteiger partial charge >= 0.3 is 0 Å². The zero-order chi connectivity index (χ0) is 11.5. The number of methoxy groups -OCH3 is 1. The standard InChI is InChI=1S/C11H14N2O3/c1-16-9-4-8(5-9)13-11(15)7-2-3-10(14)12-6-7/h2-3,6,8-9H,4-5H2,1H3,(H,12,14)(H,13,15). The van der Waals surface area contributed by atoms with Crippen molar-refractivity contribution in [1.82, 2.24) is 10.3 Å². The lowest BCUT2D eigenvalue weighted by atomic mass is 9.89. The molecular formula is C11H14N2O3. The maximum atomic E-state index is 11.7. The summed E-state index contributed by atoms with van der Waals surface area (Å²) in [7, 11) is 1.67. The van der Waals surface area contributed by atoms with Gasteiger partial charge in [-0.1, -0.05) is 0 Å². The van der Waals surface area contributed by atoms with Crippen LogP contribution in [0.15, 0.2) is 23.1 Å². The first-order chi connectivity index (χ1) is 7.69. The number of hydrogen-bond acceptors (Lipinski definition) is 3. The minimum absolute atomic E-state index is 0.157. The van der Waals surface area contributed by atoms with E-state index in [4.69, 9.17) is 4.74 Å². The third kappa shape index (κ3) is 2.30. The topological polar surface area (TPSA) is 71.2 Å². The molecule has 1 aliphatic carbocycles. The Hall–Kier alpha value is -1.62. The second-order valence-electron chi connectivity index (χ2n) is 3.94. The molecule has 16 heavy (non-hydrogen) atoms. The lowest BCUT2D eigenvalue weighted by molar-refractivity contribution is 0.0176. The number of ether oxygens (including phenoxy) is 1. The monoisotopic (exact) mass is 222 g/mol. The molecule has 2 N–H and O–H groups in total. The van der Waals surface area contributed by atoms with Crippen molar-refractivity contribution >= 4 is 5.91 Å². The molecule has 5 nitrogen and oxygen atoms in total. The Bertz CT molecular complexity index is 415. The predicted octanol–water partition coefficient (Wildman–Crippen LogP) is 0.282. The number of aromatic nitrogens is 1. The van der Waals surface area contributed by atoms with Crippen molar-refractivity contribution in [3.05, 3.63) is 34.2 Å². The minimum Gasteiger partial charge on any atom is -0.381 e. The Morgan fingerprint density at radius 2 is 2.25 bits per heavy atom. The number of nitrogens with one attached hydrogen (secondary N) is 2. The van der Waals surface area contributed by atoms with Crippen LogP contribution in [0.5, 0.6) is 0 Å². The zero-order valence-electron chi connectivity index (χ0n) is 9.03. The molecule has 0 spiro atoms. The molecule has 0 saturated heterocycles. The maximum absolute atomic E-state index is 11.7. The van der Waals surface area contributed by atoms with Crippen LogP contribution in [-0.4, -0.2) is 30.1 Å². The summed E-state index contributed by atoms with van der Waals surface area (Å²) in [5.74, 6) is -0.157. The summed E-state index contributed by atoms with van der Waals surface area (Å²) in [5.41, 5.74) is 0.264. The Labute approximate surface area is 92.8 Å². The highest BCUT2D eigenvalue weighted by Crippen LogP contribution is 2.22. The number of amides is 1. The first kappa shape index (κ1) is 10.9. The maximum Gasteiger partial charge on any atom is 0.252 e. The number of pyridine rings is 1. The zero-order valence-corrected chi connectivity index (χ0v) is 9.03. The summed E-state index contributed by atoms with van der Waals surface area (Å²) in [6.45, 7) is 0. The third-order valence-electron chi connectivity index (χ3n) is 2.81. The van der Waals surface area contributed by atoms with E-state index in [2.05, 4.69) is 10.3 Å². The van der Waals surface area contributed by atoms with E-state index in [0.717, 1.165) is 12.8 Å². The lowest BCUT2D eigenvalue weighted by Crippen LogP contribution is -2.47. The van der Waals surface area contributed by atoms with Crippen molar-refractivity contribution in [2.24, 2.45) is 0 Å². The van der Waals surface area contributed by atoms with Gasteiger partial charge in [-0.05, 0) is 18.9 Å². The van der Waals surface area contributed by atoms with Crippen molar-refractivity contribution in [3.63, 3.8) is 0 Å². The quantitative estimate of drug-likeness (QED) is 0.771. The van der Waals surface area contributed by atoms with E-state index in [0.29, 0.717) is 5.56 Å². The number of aromatic amines is 1. The van der Waals surface area contributed by atoms with Crippen LogP contribution in [-0.2, 0) is 4.74 Å². The molecule has 0 aromatic carbocycles. The summed E-state index contributed by atoms with van der Waals surface area (Å²) < 4.78 is 5.12. The first-order valence-corrected chi connectivity index (χ1v) is 5.21. The molecule has 1 aliphatic rings. The van der Waals surface area contributed by atoms with Crippen LogP contribution in [0.4, 0.5) is 0 Å². The van der Waals surface area contributed by atoms with Gasteiger partial charge < -0.3 is 15.0 Å².